The Kier molecular flexibility index (Phi) is 8.16. The third-order valence-corrected chi connectivity index (χ3v) is 7.68. The Bertz CT molecular complexity index is 1080. The first-order chi connectivity index (χ1) is 15.2. The summed E-state index contributed by atoms with van der Waals surface area (Å²) in [7, 11) is -3.99. The lowest BCUT2D eigenvalue weighted by Gasteiger charge is -2.35. The van der Waals surface area contributed by atoms with Crippen molar-refractivity contribution in [1.29, 1.82) is 0 Å². The maximum absolute atomic E-state index is 13.2. The summed E-state index contributed by atoms with van der Waals surface area (Å²) in [6, 6.07) is 0. The van der Waals surface area contributed by atoms with Crippen LogP contribution in [0.5, 0.6) is 5.75 Å². The number of fused-ring (bicyclic) bond motifs is 1. The third-order valence-electron chi connectivity index (χ3n) is 6.05. The first kappa shape index (κ1) is 26.6. The summed E-state index contributed by atoms with van der Waals surface area (Å²) in [5.74, 6) is -1.53. The van der Waals surface area contributed by atoms with E-state index in [1.807, 2.05) is 20.8 Å². The van der Waals surface area contributed by atoms with Crippen LogP contribution < -0.4 is 15.2 Å². The summed E-state index contributed by atoms with van der Waals surface area (Å²) in [6.45, 7) is 10.9. The molecule has 0 saturated heterocycles. The van der Waals surface area contributed by atoms with Crippen LogP contribution in [0.1, 0.15) is 68.7 Å². The van der Waals surface area contributed by atoms with E-state index in [1.54, 1.807) is 13.8 Å². The molecular formula is C23H35N3O6S. The molecule has 0 bridgehead atoms. The Morgan fingerprint density at radius 1 is 1.21 bits per heavy atom. The van der Waals surface area contributed by atoms with E-state index in [9.17, 15) is 23.1 Å². The predicted octanol–water partition coefficient (Wildman–Crippen LogP) is 2.77. The number of sulfonamides is 1. The average Bonchev–Trinajstić information content (AvgIpc) is 2.66. The van der Waals surface area contributed by atoms with E-state index < -0.39 is 21.9 Å². The zero-order valence-electron chi connectivity index (χ0n) is 20.2. The molecule has 0 radical (unpaired) electrons. The van der Waals surface area contributed by atoms with Crippen molar-refractivity contribution in [2.24, 2.45) is 16.6 Å². The molecule has 0 saturated carbocycles. The Labute approximate surface area is 195 Å². The number of aliphatic imine (C=N–C) groups is 1. The lowest BCUT2D eigenvalue weighted by atomic mass is 9.88. The second kappa shape index (κ2) is 10.1. The van der Waals surface area contributed by atoms with E-state index in [1.165, 1.54) is 6.92 Å². The van der Waals surface area contributed by atoms with Gasteiger partial charge in [0.25, 0.3) is 10.0 Å². The monoisotopic (exact) mass is 481 g/mol. The highest BCUT2D eigenvalue weighted by Gasteiger charge is 2.33. The van der Waals surface area contributed by atoms with Crippen molar-refractivity contribution in [1.82, 2.24) is 4.72 Å². The number of rotatable bonds is 9. The summed E-state index contributed by atoms with van der Waals surface area (Å²) >= 11 is 0. The van der Waals surface area contributed by atoms with Gasteiger partial charge in [-0.05, 0) is 89.5 Å². The highest BCUT2D eigenvalue weighted by atomic mass is 32.2. The molecular weight excluding hydrogens is 446 g/mol. The molecule has 10 heteroatoms. The lowest BCUT2D eigenvalue weighted by molar-refractivity contribution is -0.143. The maximum Gasteiger partial charge on any atom is 0.306 e. The minimum atomic E-state index is -3.99. The fraction of sp³-hybridized carbons (Fsp3) is 0.609. The van der Waals surface area contributed by atoms with E-state index >= 15 is 0 Å². The SMILES string of the molecule is CC(=O)C[C@@H](CCCN=C(N)NS(=O)(=O)c1c(C)c(C)c2c(c1C)CCC(C)(C)O2)C(=O)O. The molecule has 1 atom stereocenters. The number of ether oxygens (including phenoxy) is 1. The molecule has 0 spiro atoms. The van der Waals surface area contributed by atoms with Crippen molar-refractivity contribution in [2.75, 3.05) is 6.54 Å². The number of ketones is 1. The molecule has 1 aromatic carbocycles. The van der Waals surface area contributed by atoms with E-state index in [2.05, 4.69) is 9.71 Å². The largest absolute Gasteiger partial charge is 0.487 e. The molecule has 0 aliphatic carbocycles. The van der Waals surface area contributed by atoms with Crippen LogP contribution in [0, 0.1) is 26.7 Å². The van der Waals surface area contributed by atoms with Crippen LogP contribution in [0.25, 0.3) is 0 Å². The number of carboxylic acid groups (broad SMARTS) is 1. The number of Topliss-reactive ketones (excluding diaryl/α,β-unsaturated/α-hetero) is 1. The molecule has 184 valence electrons. The highest BCUT2D eigenvalue weighted by molar-refractivity contribution is 7.90. The van der Waals surface area contributed by atoms with Gasteiger partial charge in [0.1, 0.15) is 17.1 Å². The fourth-order valence-electron chi connectivity index (χ4n) is 4.17. The van der Waals surface area contributed by atoms with Gasteiger partial charge in [0, 0.05) is 13.0 Å². The summed E-state index contributed by atoms with van der Waals surface area (Å²) in [4.78, 5) is 26.6. The van der Waals surface area contributed by atoms with Crippen molar-refractivity contribution in [3.8, 4) is 5.75 Å². The predicted molar refractivity (Wildman–Crippen MR) is 126 cm³/mol. The number of hydrogen-bond acceptors (Lipinski definition) is 6. The molecule has 0 aromatic heterocycles. The number of hydrogen-bond donors (Lipinski definition) is 3. The van der Waals surface area contributed by atoms with Crippen LogP contribution in [0.3, 0.4) is 0 Å². The zero-order valence-corrected chi connectivity index (χ0v) is 21.1. The maximum atomic E-state index is 13.2. The Hall–Kier alpha value is -2.62. The summed E-state index contributed by atoms with van der Waals surface area (Å²) in [5.41, 5.74) is 8.42. The second-order valence-electron chi connectivity index (χ2n) is 9.33. The van der Waals surface area contributed by atoms with Crippen LogP contribution in [0.4, 0.5) is 0 Å². The first-order valence-electron chi connectivity index (χ1n) is 11.0. The molecule has 1 aliphatic rings. The van der Waals surface area contributed by atoms with Gasteiger partial charge in [-0.25, -0.2) is 13.1 Å². The highest BCUT2D eigenvalue weighted by Crippen LogP contribution is 2.42. The number of aliphatic carboxylic acids is 1. The number of carbonyl (C=O) groups excluding carboxylic acids is 1. The van der Waals surface area contributed by atoms with Gasteiger partial charge in [0.15, 0.2) is 0 Å². The van der Waals surface area contributed by atoms with Gasteiger partial charge in [-0.2, -0.15) is 0 Å². The molecule has 0 amide bonds. The van der Waals surface area contributed by atoms with Crippen molar-refractivity contribution >= 4 is 27.7 Å². The van der Waals surface area contributed by atoms with E-state index in [-0.39, 0.29) is 41.6 Å². The zero-order chi connectivity index (χ0) is 25.1. The Morgan fingerprint density at radius 2 is 1.85 bits per heavy atom. The van der Waals surface area contributed by atoms with Crippen molar-refractivity contribution in [3.63, 3.8) is 0 Å². The van der Waals surface area contributed by atoms with Crippen LogP contribution in [0.2, 0.25) is 0 Å². The van der Waals surface area contributed by atoms with Crippen molar-refractivity contribution < 1.29 is 27.9 Å². The Balaban J connectivity index is 2.18. The van der Waals surface area contributed by atoms with Gasteiger partial charge in [-0.1, -0.05) is 0 Å². The van der Waals surface area contributed by atoms with Crippen LogP contribution in [0.15, 0.2) is 9.89 Å². The molecule has 1 heterocycles. The summed E-state index contributed by atoms with van der Waals surface area (Å²) in [6.07, 6.45) is 2.05. The van der Waals surface area contributed by atoms with Crippen molar-refractivity contribution in [2.45, 2.75) is 84.1 Å². The number of nitrogens with one attached hydrogen (secondary N) is 1. The summed E-state index contributed by atoms with van der Waals surface area (Å²) in [5, 5.41) is 9.18. The van der Waals surface area contributed by atoms with Gasteiger partial charge in [-0.3, -0.25) is 9.79 Å². The normalized spacial score (nSPS) is 16.5. The number of carbonyl (C=O) groups is 2. The molecule has 4 N–H and O–H groups in total. The number of benzene rings is 1. The molecule has 0 unspecified atom stereocenters. The number of carboxylic acids is 1. The van der Waals surface area contributed by atoms with Crippen LogP contribution >= 0.6 is 0 Å². The van der Waals surface area contributed by atoms with Gasteiger partial charge < -0.3 is 20.4 Å². The fourth-order valence-corrected chi connectivity index (χ4v) is 5.69. The third kappa shape index (κ3) is 6.46. The lowest BCUT2D eigenvalue weighted by Crippen LogP contribution is -2.38. The minimum absolute atomic E-state index is 0.0434. The molecule has 1 aromatic rings. The van der Waals surface area contributed by atoms with E-state index in [0.717, 1.165) is 23.3 Å². The molecule has 2 rings (SSSR count). The van der Waals surface area contributed by atoms with Gasteiger partial charge >= 0.3 is 5.97 Å². The van der Waals surface area contributed by atoms with Crippen LogP contribution in [-0.4, -0.2) is 43.4 Å². The second-order valence-corrected chi connectivity index (χ2v) is 10.9. The van der Waals surface area contributed by atoms with Gasteiger partial charge in [0.05, 0.1) is 10.8 Å². The van der Waals surface area contributed by atoms with Gasteiger partial charge in [0.2, 0.25) is 5.96 Å². The standard InChI is InChI=1S/C23H35N3O6S/c1-13(27)12-17(21(28)29)8-7-11-25-22(24)26-33(30,31)20-15(3)14(2)19-18(16(20)4)9-10-23(5,6)32-19/h17H,7-12H2,1-6H3,(H,28,29)(H3,24,25,26)/t17-/m1/s1. The quantitative estimate of drug-likeness (QED) is 0.279. The smallest absolute Gasteiger partial charge is 0.306 e. The number of nitrogens with two attached hydrogens (primary N) is 1. The molecule has 9 nitrogen and oxygen atoms in total. The Morgan fingerprint density at radius 3 is 2.42 bits per heavy atom. The molecule has 33 heavy (non-hydrogen) atoms. The number of guanidine groups is 1. The van der Waals surface area contributed by atoms with Crippen LogP contribution in [-0.2, 0) is 26.0 Å². The topological polar surface area (TPSA) is 148 Å². The minimum Gasteiger partial charge on any atom is -0.487 e. The van der Waals surface area contributed by atoms with Gasteiger partial charge in [-0.15, -0.1) is 0 Å². The van der Waals surface area contributed by atoms with E-state index in [0.29, 0.717) is 24.0 Å². The first-order valence-corrected chi connectivity index (χ1v) is 12.5. The average molecular weight is 482 g/mol. The molecule has 1 aliphatic heterocycles. The number of nitrogens with zero attached hydrogens (tertiary/aromatic N) is 1. The molecule has 0 fully saturated rings. The summed E-state index contributed by atoms with van der Waals surface area (Å²) < 4.78 is 34.8. The van der Waals surface area contributed by atoms with Crippen molar-refractivity contribution in [3.05, 3.63) is 22.3 Å². The van der Waals surface area contributed by atoms with E-state index in [4.69, 9.17) is 10.5 Å².